The van der Waals surface area contributed by atoms with Crippen LogP contribution in [0.4, 0.5) is 0 Å². The quantitative estimate of drug-likeness (QED) is 0.757. The van der Waals surface area contributed by atoms with E-state index in [0.717, 1.165) is 25.2 Å². The fourth-order valence-corrected chi connectivity index (χ4v) is 5.54. The fourth-order valence-electron chi connectivity index (χ4n) is 5.54. The van der Waals surface area contributed by atoms with Crippen LogP contribution in [-0.2, 0) is 6.42 Å². The first kappa shape index (κ1) is 12.7. The Bertz CT molecular complexity index is 538. The third kappa shape index (κ3) is 1.60. The molecule has 0 aromatic heterocycles. The number of hydrogen-bond donors (Lipinski definition) is 2. The summed E-state index contributed by atoms with van der Waals surface area (Å²) in [6.45, 7) is 2.32. The van der Waals surface area contributed by atoms with Crippen molar-refractivity contribution in [2.45, 2.75) is 57.5 Å². The van der Waals surface area contributed by atoms with Crippen molar-refractivity contribution in [2.24, 2.45) is 17.3 Å². The minimum atomic E-state index is -0.0883. The molecular formula is C18H24O2. The summed E-state index contributed by atoms with van der Waals surface area (Å²) in [5.41, 5.74) is 2.99. The second-order valence-electron chi connectivity index (χ2n) is 7.44. The van der Waals surface area contributed by atoms with Crippen LogP contribution in [0.3, 0.4) is 0 Å². The lowest BCUT2D eigenvalue weighted by atomic mass is 9.55. The molecule has 2 fully saturated rings. The Morgan fingerprint density at radius 1 is 1.15 bits per heavy atom. The van der Waals surface area contributed by atoms with Crippen LogP contribution in [0, 0.1) is 17.3 Å². The van der Waals surface area contributed by atoms with E-state index in [-0.39, 0.29) is 11.5 Å². The molecular weight excluding hydrogens is 248 g/mol. The van der Waals surface area contributed by atoms with Crippen molar-refractivity contribution < 1.29 is 10.2 Å². The molecule has 2 nitrogen and oxygen atoms in total. The molecule has 0 spiro atoms. The van der Waals surface area contributed by atoms with Crippen molar-refractivity contribution in [3.05, 3.63) is 29.3 Å². The highest BCUT2D eigenvalue weighted by Crippen LogP contribution is 2.60. The third-order valence-corrected chi connectivity index (χ3v) is 6.66. The summed E-state index contributed by atoms with van der Waals surface area (Å²) in [7, 11) is 0. The average molecular weight is 272 g/mol. The van der Waals surface area contributed by atoms with E-state index in [1.54, 1.807) is 0 Å². The van der Waals surface area contributed by atoms with Gasteiger partial charge in [0.1, 0.15) is 5.75 Å². The number of aromatic hydroxyl groups is 1. The first-order valence-electron chi connectivity index (χ1n) is 8.09. The zero-order valence-electron chi connectivity index (χ0n) is 12.2. The van der Waals surface area contributed by atoms with Gasteiger partial charge in [-0.1, -0.05) is 13.0 Å². The fraction of sp³-hybridized carbons (Fsp3) is 0.667. The summed E-state index contributed by atoms with van der Waals surface area (Å²) in [5.74, 6) is 2.49. The van der Waals surface area contributed by atoms with Crippen LogP contribution in [0.5, 0.6) is 5.75 Å². The molecule has 0 aliphatic heterocycles. The van der Waals surface area contributed by atoms with E-state index in [2.05, 4.69) is 13.0 Å². The zero-order chi connectivity index (χ0) is 13.9. The molecule has 3 aliphatic rings. The average Bonchev–Trinajstić information content (AvgIpc) is 2.74. The van der Waals surface area contributed by atoms with Crippen molar-refractivity contribution in [2.75, 3.05) is 0 Å². The van der Waals surface area contributed by atoms with Gasteiger partial charge in [-0.3, -0.25) is 0 Å². The van der Waals surface area contributed by atoms with Crippen molar-refractivity contribution in [3.63, 3.8) is 0 Å². The molecule has 0 bridgehead atoms. The largest absolute Gasteiger partial charge is 0.508 e. The summed E-state index contributed by atoms with van der Waals surface area (Å²) in [4.78, 5) is 0. The van der Waals surface area contributed by atoms with Crippen molar-refractivity contribution >= 4 is 0 Å². The Morgan fingerprint density at radius 2 is 2.00 bits per heavy atom. The predicted octanol–water partition coefficient (Wildman–Crippen LogP) is 3.61. The Balaban J connectivity index is 1.71. The predicted molar refractivity (Wildman–Crippen MR) is 78.7 cm³/mol. The standard InChI is InChI=1S/C18H24O2/c1-18-9-8-14-13-5-3-12(19)10-11(13)2-4-15(14)16(18)6-7-17(18)20/h3,5,10,14-17,19-20H,2,4,6-9H2,1H3/t14?,15-,16+,17+,18?/m1/s1. The van der Waals surface area contributed by atoms with Gasteiger partial charge in [-0.25, -0.2) is 0 Å². The number of aryl methyl sites for hydroxylation is 1. The van der Waals surface area contributed by atoms with Crippen LogP contribution in [0.15, 0.2) is 18.2 Å². The van der Waals surface area contributed by atoms with Crippen LogP contribution in [-0.4, -0.2) is 16.3 Å². The molecule has 0 heterocycles. The zero-order valence-corrected chi connectivity index (χ0v) is 12.2. The number of phenolic OH excluding ortho intramolecular Hbond substituents is 1. The second kappa shape index (κ2) is 4.24. The summed E-state index contributed by atoms with van der Waals surface area (Å²) in [5, 5.41) is 20.0. The van der Waals surface area contributed by atoms with Crippen LogP contribution in [0.2, 0.25) is 0 Å². The molecule has 20 heavy (non-hydrogen) atoms. The first-order valence-corrected chi connectivity index (χ1v) is 8.09. The van der Waals surface area contributed by atoms with E-state index in [9.17, 15) is 10.2 Å². The molecule has 3 aliphatic carbocycles. The Morgan fingerprint density at radius 3 is 2.85 bits per heavy atom. The maximum absolute atomic E-state index is 10.4. The van der Waals surface area contributed by atoms with E-state index in [1.165, 1.54) is 30.4 Å². The number of aliphatic hydroxyl groups is 1. The summed E-state index contributed by atoms with van der Waals surface area (Å²) in [6.07, 6.45) is 6.78. The van der Waals surface area contributed by atoms with Crippen LogP contribution >= 0.6 is 0 Å². The van der Waals surface area contributed by atoms with Crippen LogP contribution in [0.25, 0.3) is 0 Å². The Labute approximate surface area is 120 Å². The highest BCUT2D eigenvalue weighted by Gasteiger charge is 2.54. The lowest BCUT2D eigenvalue weighted by Crippen LogP contribution is -2.43. The SMILES string of the molecule is CC12CCC3c4ccc(O)cc4CC[C@H]3[C@@H]1CC[C@@H]2O. The van der Waals surface area contributed by atoms with E-state index in [4.69, 9.17) is 0 Å². The molecule has 0 amide bonds. The highest BCUT2D eigenvalue weighted by atomic mass is 16.3. The molecule has 1 aromatic carbocycles. The van der Waals surface area contributed by atoms with Gasteiger partial charge in [-0.15, -0.1) is 0 Å². The summed E-state index contributed by atoms with van der Waals surface area (Å²) in [6, 6.07) is 5.96. The highest BCUT2D eigenvalue weighted by molar-refractivity contribution is 5.40. The normalized spacial score (nSPS) is 42.7. The molecule has 4 rings (SSSR count). The molecule has 108 valence electrons. The Kier molecular flexibility index (Phi) is 2.69. The maximum atomic E-state index is 10.4. The van der Waals surface area contributed by atoms with Crippen molar-refractivity contribution in [1.82, 2.24) is 0 Å². The van der Waals surface area contributed by atoms with E-state index >= 15 is 0 Å². The van der Waals surface area contributed by atoms with Gasteiger partial charge < -0.3 is 10.2 Å². The van der Waals surface area contributed by atoms with Crippen LogP contribution < -0.4 is 0 Å². The third-order valence-electron chi connectivity index (χ3n) is 6.66. The molecule has 1 aromatic rings. The van der Waals surface area contributed by atoms with Gasteiger partial charge in [0.25, 0.3) is 0 Å². The van der Waals surface area contributed by atoms with Gasteiger partial charge in [0.2, 0.25) is 0 Å². The topological polar surface area (TPSA) is 40.5 Å². The molecule has 2 saturated carbocycles. The second-order valence-corrected chi connectivity index (χ2v) is 7.44. The van der Waals surface area contributed by atoms with E-state index in [1.807, 2.05) is 12.1 Å². The smallest absolute Gasteiger partial charge is 0.115 e. The first-order chi connectivity index (χ1) is 9.59. The summed E-state index contributed by atoms with van der Waals surface area (Å²) < 4.78 is 0. The van der Waals surface area contributed by atoms with E-state index in [0.29, 0.717) is 17.6 Å². The minimum absolute atomic E-state index is 0.0883. The molecule has 0 saturated heterocycles. The monoisotopic (exact) mass is 272 g/mol. The maximum Gasteiger partial charge on any atom is 0.115 e. The number of fused-ring (bicyclic) bond motifs is 5. The number of phenols is 1. The van der Waals surface area contributed by atoms with Crippen LogP contribution in [0.1, 0.15) is 56.1 Å². The molecule has 5 atom stereocenters. The van der Waals surface area contributed by atoms with Crippen molar-refractivity contribution in [1.29, 1.82) is 0 Å². The number of hydrogen-bond acceptors (Lipinski definition) is 2. The molecule has 2 N–H and O–H groups in total. The van der Waals surface area contributed by atoms with Gasteiger partial charge in [0, 0.05) is 0 Å². The Hall–Kier alpha value is -1.02. The summed E-state index contributed by atoms with van der Waals surface area (Å²) >= 11 is 0. The van der Waals surface area contributed by atoms with E-state index < -0.39 is 0 Å². The lowest BCUT2D eigenvalue weighted by molar-refractivity contribution is -0.0226. The number of aliphatic hydroxyl groups excluding tert-OH is 1. The molecule has 0 radical (unpaired) electrons. The van der Waals surface area contributed by atoms with Gasteiger partial charge in [0.15, 0.2) is 0 Å². The minimum Gasteiger partial charge on any atom is -0.508 e. The number of rotatable bonds is 0. The lowest BCUT2D eigenvalue weighted by Gasteiger charge is -2.50. The number of benzene rings is 1. The molecule has 2 unspecified atom stereocenters. The van der Waals surface area contributed by atoms with Gasteiger partial charge >= 0.3 is 0 Å². The van der Waals surface area contributed by atoms with Gasteiger partial charge in [0.05, 0.1) is 6.10 Å². The van der Waals surface area contributed by atoms with Crippen molar-refractivity contribution in [3.8, 4) is 5.75 Å². The van der Waals surface area contributed by atoms with Gasteiger partial charge in [-0.2, -0.15) is 0 Å². The van der Waals surface area contributed by atoms with Gasteiger partial charge in [-0.05, 0) is 85.0 Å². The molecule has 2 heteroatoms.